The summed E-state index contributed by atoms with van der Waals surface area (Å²) >= 11 is 1.64. The lowest BCUT2D eigenvalue weighted by molar-refractivity contribution is 0.859. The predicted octanol–water partition coefficient (Wildman–Crippen LogP) is 2.42. The summed E-state index contributed by atoms with van der Waals surface area (Å²) in [6.07, 6.45) is 2.02. The van der Waals surface area contributed by atoms with Crippen LogP contribution in [0.3, 0.4) is 0 Å². The Hall–Kier alpha value is -0.670. The molecule has 0 spiro atoms. The van der Waals surface area contributed by atoms with Crippen molar-refractivity contribution in [1.29, 1.82) is 0 Å². The van der Waals surface area contributed by atoms with E-state index in [1.807, 2.05) is 32.2 Å². The Labute approximate surface area is 77.1 Å². The van der Waals surface area contributed by atoms with Gasteiger partial charge in [0.25, 0.3) is 0 Å². The van der Waals surface area contributed by atoms with Gasteiger partial charge in [0, 0.05) is 5.38 Å². The number of aromatic nitrogens is 1. The molecule has 1 rings (SSSR count). The van der Waals surface area contributed by atoms with Crippen molar-refractivity contribution >= 4 is 11.3 Å². The van der Waals surface area contributed by atoms with E-state index in [2.05, 4.69) is 4.98 Å². The number of hydrogen-bond donors (Lipinski definition) is 1. The van der Waals surface area contributed by atoms with Crippen molar-refractivity contribution in [3.63, 3.8) is 0 Å². The van der Waals surface area contributed by atoms with Gasteiger partial charge >= 0.3 is 0 Å². The lowest BCUT2D eigenvalue weighted by Gasteiger charge is -2.02. The lowest BCUT2D eigenvalue weighted by Crippen LogP contribution is -2.07. The van der Waals surface area contributed by atoms with Gasteiger partial charge in [-0.1, -0.05) is 11.6 Å². The normalized spacial score (nSPS) is 12.7. The number of allylic oxidation sites excluding steroid dienone is 1. The molecule has 0 aliphatic rings. The van der Waals surface area contributed by atoms with Crippen molar-refractivity contribution in [3.8, 4) is 0 Å². The Morgan fingerprint density at radius 1 is 1.67 bits per heavy atom. The molecule has 0 aliphatic carbocycles. The van der Waals surface area contributed by atoms with Crippen LogP contribution in [-0.4, -0.2) is 4.98 Å². The van der Waals surface area contributed by atoms with Crippen LogP contribution in [0, 0.1) is 6.92 Å². The Bertz CT molecular complexity index is 284. The minimum absolute atomic E-state index is 0.0417. The number of thiazole rings is 1. The van der Waals surface area contributed by atoms with Crippen molar-refractivity contribution < 1.29 is 0 Å². The molecule has 0 radical (unpaired) electrons. The van der Waals surface area contributed by atoms with E-state index >= 15 is 0 Å². The second kappa shape index (κ2) is 3.83. The van der Waals surface area contributed by atoms with Gasteiger partial charge in [-0.2, -0.15) is 0 Å². The summed E-state index contributed by atoms with van der Waals surface area (Å²) in [4.78, 5) is 4.31. The fourth-order valence-electron chi connectivity index (χ4n) is 0.978. The maximum Gasteiger partial charge on any atom is 0.0898 e. The molecule has 2 nitrogen and oxygen atoms in total. The molecule has 0 aromatic carbocycles. The summed E-state index contributed by atoms with van der Waals surface area (Å²) < 4.78 is 0. The molecule has 1 aromatic rings. The van der Waals surface area contributed by atoms with E-state index in [0.29, 0.717) is 0 Å². The van der Waals surface area contributed by atoms with E-state index in [1.54, 1.807) is 11.3 Å². The molecule has 0 fully saturated rings. The molecule has 3 heteroatoms. The first kappa shape index (κ1) is 9.42. The van der Waals surface area contributed by atoms with Gasteiger partial charge < -0.3 is 5.73 Å². The van der Waals surface area contributed by atoms with Gasteiger partial charge in [-0.15, -0.1) is 11.3 Å². The van der Waals surface area contributed by atoms with E-state index in [4.69, 9.17) is 5.73 Å². The first-order valence-electron chi connectivity index (χ1n) is 3.92. The van der Waals surface area contributed by atoms with Crippen molar-refractivity contribution in [1.82, 2.24) is 4.98 Å². The van der Waals surface area contributed by atoms with Crippen LogP contribution in [-0.2, 0) is 0 Å². The number of hydrogen-bond acceptors (Lipinski definition) is 3. The van der Waals surface area contributed by atoms with Crippen molar-refractivity contribution in [2.45, 2.75) is 26.8 Å². The second-order valence-electron chi connectivity index (χ2n) is 3.06. The smallest absolute Gasteiger partial charge is 0.0898 e. The van der Waals surface area contributed by atoms with Gasteiger partial charge in [0.2, 0.25) is 0 Å². The summed E-state index contributed by atoms with van der Waals surface area (Å²) in [7, 11) is 0. The first-order valence-corrected chi connectivity index (χ1v) is 4.80. The molecule has 2 N–H and O–H groups in total. The quantitative estimate of drug-likeness (QED) is 0.713. The minimum Gasteiger partial charge on any atom is -0.319 e. The molecule has 1 atom stereocenters. The average molecular weight is 182 g/mol. The van der Waals surface area contributed by atoms with Crippen LogP contribution < -0.4 is 5.73 Å². The molecule has 66 valence electrons. The zero-order valence-corrected chi connectivity index (χ0v) is 8.48. The van der Waals surface area contributed by atoms with E-state index in [9.17, 15) is 0 Å². The third kappa shape index (κ3) is 2.43. The van der Waals surface area contributed by atoms with Gasteiger partial charge in [-0.25, -0.2) is 4.98 Å². The van der Waals surface area contributed by atoms with Gasteiger partial charge in [0.1, 0.15) is 0 Å². The summed E-state index contributed by atoms with van der Waals surface area (Å²) in [6.45, 7) is 6.07. The van der Waals surface area contributed by atoms with Crippen LogP contribution in [0.15, 0.2) is 17.0 Å². The number of nitrogens with zero attached hydrogens (tertiary/aromatic N) is 1. The molecule has 12 heavy (non-hydrogen) atoms. The van der Waals surface area contributed by atoms with E-state index in [-0.39, 0.29) is 6.04 Å². The predicted molar refractivity (Wildman–Crippen MR) is 53.2 cm³/mol. The standard InChI is InChI=1S/C9H14N2S/c1-6(2)4-8(10)9-5-12-7(3)11-9/h4-5,8H,10H2,1-3H3. The van der Waals surface area contributed by atoms with Crippen LogP contribution in [0.5, 0.6) is 0 Å². The Balaban J connectivity index is 2.78. The molecular formula is C9H14N2S. The van der Waals surface area contributed by atoms with Crippen LogP contribution in [0.1, 0.15) is 30.6 Å². The summed E-state index contributed by atoms with van der Waals surface area (Å²) in [5.41, 5.74) is 8.08. The highest BCUT2D eigenvalue weighted by Crippen LogP contribution is 2.16. The molecule has 1 heterocycles. The number of rotatable bonds is 2. The average Bonchev–Trinajstić information content (AvgIpc) is 2.34. The Kier molecular flexibility index (Phi) is 3.00. The molecule has 1 unspecified atom stereocenters. The van der Waals surface area contributed by atoms with Gasteiger partial charge in [0.05, 0.1) is 16.7 Å². The van der Waals surface area contributed by atoms with Crippen LogP contribution in [0.2, 0.25) is 0 Å². The molecular weight excluding hydrogens is 168 g/mol. The molecule has 0 amide bonds. The van der Waals surface area contributed by atoms with E-state index in [0.717, 1.165) is 10.7 Å². The number of nitrogens with two attached hydrogens (primary N) is 1. The zero-order valence-electron chi connectivity index (χ0n) is 7.66. The minimum atomic E-state index is -0.0417. The fourth-order valence-corrected chi connectivity index (χ4v) is 1.64. The summed E-state index contributed by atoms with van der Waals surface area (Å²) in [5, 5.41) is 3.09. The van der Waals surface area contributed by atoms with Gasteiger partial charge in [-0.05, 0) is 20.8 Å². The van der Waals surface area contributed by atoms with E-state index in [1.165, 1.54) is 5.57 Å². The van der Waals surface area contributed by atoms with Crippen LogP contribution in [0.25, 0.3) is 0 Å². The third-order valence-corrected chi connectivity index (χ3v) is 2.28. The van der Waals surface area contributed by atoms with Gasteiger partial charge in [-0.3, -0.25) is 0 Å². The number of aryl methyl sites for hydroxylation is 1. The van der Waals surface area contributed by atoms with Crippen LogP contribution in [0.4, 0.5) is 0 Å². The molecule has 0 saturated carbocycles. The largest absolute Gasteiger partial charge is 0.319 e. The fraction of sp³-hybridized carbons (Fsp3) is 0.444. The highest BCUT2D eigenvalue weighted by atomic mass is 32.1. The summed E-state index contributed by atoms with van der Waals surface area (Å²) in [5.74, 6) is 0. The zero-order chi connectivity index (χ0) is 9.14. The molecule has 1 aromatic heterocycles. The first-order chi connectivity index (χ1) is 5.59. The molecule has 0 saturated heterocycles. The topological polar surface area (TPSA) is 38.9 Å². The lowest BCUT2D eigenvalue weighted by atomic mass is 10.2. The summed E-state index contributed by atoms with van der Waals surface area (Å²) in [6, 6.07) is -0.0417. The van der Waals surface area contributed by atoms with Crippen molar-refractivity contribution in [3.05, 3.63) is 27.7 Å². The maximum absolute atomic E-state index is 5.88. The highest BCUT2D eigenvalue weighted by molar-refractivity contribution is 7.09. The Morgan fingerprint density at radius 3 is 2.75 bits per heavy atom. The molecule has 0 aliphatic heterocycles. The second-order valence-corrected chi connectivity index (χ2v) is 4.12. The SMILES string of the molecule is CC(C)=CC(N)c1csc(C)n1. The van der Waals surface area contributed by atoms with Crippen molar-refractivity contribution in [2.24, 2.45) is 5.73 Å². The van der Waals surface area contributed by atoms with Gasteiger partial charge in [0.15, 0.2) is 0 Å². The highest BCUT2D eigenvalue weighted by Gasteiger charge is 2.05. The monoisotopic (exact) mass is 182 g/mol. The maximum atomic E-state index is 5.88. The van der Waals surface area contributed by atoms with Crippen LogP contribution >= 0.6 is 11.3 Å². The van der Waals surface area contributed by atoms with E-state index < -0.39 is 0 Å². The van der Waals surface area contributed by atoms with Crippen molar-refractivity contribution in [2.75, 3.05) is 0 Å². The Morgan fingerprint density at radius 2 is 2.33 bits per heavy atom. The third-order valence-electron chi connectivity index (χ3n) is 1.49. The molecule has 0 bridgehead atoms.